The number of fused-ring (bicyclic) bond motifs is 3. The highest BCUT2D eigenvalue weighted by atomic mass is 16.5. The van der Waals surface area contributed by atoms with Gasteiger partial charge in [0, 0.05) is 17.4 Å². The number of benzene rings is 2. The highest BCUT2D eigenvalue weighted by Crippen LogP contribution is 2.44. The number of carbonyl (C=O) groups excluding carboxylic acids is 1. The summed E-state index contributed by atoms with van der Waals surface area (Å²) in [6, 6.07) is 14.8. The molecule has 2 aromatic carbocycles. The summed E-state index contributed by atoms with van der Waals surface area (Å²) in [5.41, 5.74) is 12.4. The maximum Gasteiger partial charge on any atom is 0.407 e. The van der Waals surface area contributed by atoms with Crippen LogP contribution in [0.2, 0.25) is 0 Å². The van der Waals surface area contributed by atoms with Crippen LogP contribution in [0.5, 0.6) is 0 Å². The Kier molecular flexibility index (Phi) is 8.72. The highest BCUT2D eigenvalue weighted by molar-refractivity contribution is 5.81. The molecule has 2 aromatic rings. The average Bonchev–Trinajstić information content (AvgIpc) is 3.12. The Morgan fingerprint density at radius 1 is 1.00 bits per heavy atom. The number of aliphatic carboxylic acids is 1. The lowest BCUT2D eigenvalue weighted by Crippen LogP contribution is -2.64. The fourth-order valence-corrected chi connectivity index (χ4v) is 5.98. The molecule has 10 nitrogen and oxygen atoms in total. The number of nitrogens with zero attached hydrogens (tertiary/aromatic N) is 5. The van der Waals surface area contributed by atoms with Crippen LogP contribution in [0.25, 0.3) is 21.6 Å². The molecule has 0 saturated heterocycles. The molecule has 0 spiro atoms. The molecule has 0 unspecified atom stereocenters. The van der Waals surface area contributed by atoms with E-state index in [0.717, 1.165) is 22.3 Å². The molecule has 0 aromatic heterocycles. The molecule has 3 rings (SSSR count). The molecule has 0 heterocycles. The predicted molar refractivity (Wildman–Crippen MR) is 146 cm³/mol. The summed E-state index contributed by atoms with van der Waals surface area (Å²) in [5.74, 6) is -1.29. The zero-order chi connectivity index (χ0) is 28.1. The van der Waals surface area contributed by atoms with E-state index in [-0.39, 0.29) is 19.1 Å². The quantitative estimate of drug-likeness (QED) is 0.188. The summed E-state index contributed by atoms with van der Waals surface area (Å²) in [4.78, 5) is 28.7. The maximum absolute atomic E-state index is 13.2. The van der Waals surface area contributed by atoms with Gasteiger partial charge in [-0.3, -0.25) is 0 Å². The number of nitrogens with one attached hydrogen (secondary N) is 1. The van der Waals surface area contributed by atoms with Crippen molar-refractivity contribution in [2.75, 3.05) is 68.5 Å². The average molecular weight is 525 g/mol. The second-order valence-corrected chi connectivity index (χ2v) is 12.2. The van der Waals surface area contributed by atoms with Gasteiger partial charge in [0.15, 0.2) is 0 Å². The molecular formula is C28H40N6O4+2. The van der Waals surface area contributed by atoms with Crippen molar-refractivity contribution in [1.82, 2.24) is 5.32 Å². The Labute approximate surface area is 224 Å². The number of amides is 1. The van der Waals surface area contributed by atoms with E-state index in [1.807, 2.05) is 78.7 Å². The van der Waals surface area contributed by atoms with Crippen molar-refractivity contribution >= 4 is 12.1 Å². The van der Waals surface area contributed by atoms with Gasteiger partial charge in [-0.15, -0.1) is 0 Å². The Bertz CT molecular complexity index is 1150. The largest absolute Gasteiger partial charge is 0.480 e. The van der Waals surface area contributed by atoms with E-state index in [0.29, 0.717) is 28.5 Å². The van der Waals surface area contributed by atoms with Gasteiger partial charge in [0.05, 0.1) is 60.8 Å². The smallest absolute Gasteiger partial charge is 0.407 e. The van der Waals surface area contributed by atoms with Crippen molar-refractivity contribution in [3.63, 3.8) is 0 Å². The van der Waals surface area contributed by atoms with E-state index in [9.17, 15) is 14.7 Å². The van der Waals surface area contributed by atoms with Gasteiger partial charge >= 0.3 is 12.1 Å². The van der Waals surface area contributed by atoms with Crippen LogP contribution in [0.4, 0.5) is 4.79 Å². The lowest BCUT2D eigenvalue weighted by Gasteiger charge is -2.45. The number of hydrogen-bond acceptors (Lipinski definition) is 4. The molecule has 1 aliphatic rings. The molecule has 10 heteroatoms. The first kappa shape index (κ1) is 29.0. The molecule has 1 aliphatic carbocycles. The van der Waals surface area contributed by atoms with Crippen LogP contribution in [0.1, 0.15) is 23.5 Å². The van der Waals surface area contributed by atoms with Crippen molar-refractivity contribution in [2.45, 2.75) is 18.4 Å². The van der Waals surface area contributed by atoms with Crippen LogP contribution < -0.4 is 5.32 Å². The Hall–Kier alpha value is -3.59. The zero-order valence-corrected chi connectivity index (χ0v) is 23.2. The van der Waals surface area contributed by atoms with E-state index < -0.39 is 23.5 Å². The minimum Gasteiger partial charge on any atom is -0.480 e. The third kappa shape index (κ3) is 7.04. The fraction of sp³-hybridized carbons (Fsp3) is 0.500. The molecule has 1 amide bonds. The number of carbonyl (C=O) groups is 2. The molecule has 204 valence electrons. The van der Waals surface area contributed by atoms with Crippen molar-refractivity contribution < 1.29 is 28.4 Å². The van der Waals surface area contributed by atoms with Crippen molar-refractivity contribution in [2.24, 2.45) is 10.5 Å². The number of ether oxygens (including phenoxy) is 1. The molecule has 0 fully saturated rings. The van der Waals surface area contributed by atoms with Crippen LogP contribution in [-0.4, -0.2) is 101 Å². The van der Waals surface area contributed by atoms with E-state index in [1.54, 1.807) is 0 Å². The van der Waals surface area contributed by atoms with Crippen LogP contribution in [0.3, 0.4) is 0 Å². The van der Waals surface area contributed by atoms with Gasteiger partial charge in [0.25, 0.3) is 0 Å². The van der Waals surface area contributed by atoms with Crippen LogP contribution in [0, 0.1) is 5.41 Å². The molecule has 38 heavy (non-hydrogen) atoms. The van der Waals surface area contributed by atoms with E-state index in [4.69, 9.17) is 10.3 Å². The summed E-state index contributed by atoms with van der Waals surface area (Å²) in [5, 5.41) is 16.7. The second kappa shape index (κ2) is 11.4. The number of azide groups is 1. The number of alkyl carbamates (subject to hydrolysis) is 1. The normalized spacial score (nSPS) is 14.2. The molecule has 1 atom stereocenters. The van der Waals surface area contributed by atoms with Crippen LogP contribution in [-0.2, 0) is 9.53 Å². The Morgan fingerprint density at radius 2 is 1.50 bits per heavy atom. The SMILES string of the molecule is C[N+](C)(C)CC(CCN=[N+]=[N-])(C[N+](C)(C)C)[C@@H](NC(=O)OCC1c2ccccc2-c2ccccc21)C(=O)O. The summed E-state index contributed by atoms with van der Waals surface area (Å²) < 4.78 is 6.63. The van der Waals surface area contributed by atoms with Crippen LogP contribution in [0.15, 0.2) is 53.6 Å². The molecule has 2 N–H and O–H groups in total. The number of carboxylic acid groups (broad SMARTS) is 1. The first-order valence-corrected chi connectivity index (χ1v) is 12.7. The maximum atomic E-state index is 13.2. The number of rotatable bonds is 12. The van der Waals surface area contributed by atoms with Gasteiger partial charge in [0.1, 0.15) is 12.6 Å². The van der Waals surface area contributed by atoms with Crippen molar-refractivity contribution in [1.29, 1.82) is 0 Å². The minimum atomic E-state index is -1.25. The zero-order valence-electron chi connectivity index (χ0n) is 23.2. The van der Waals surface area contributed by atoms with Crippen LogP contribution >= 0.6 is 0 Å². The predicted octanol–water partition coefficient (Wildman–Crippen LogP) is 4.08. The fourth-order valence-electron chi connectivity index (χ4n) is 5.98. The van der Waals surface area contributed by atoms with Gasteiger partial charge in [-0.2, -0.15) is 0 Å². The second-order valence-electron chi connectivity index (χ2n) is 12.2. The first-order chi connectivity index (χ1) is 17.8. The topological polar surface area (TPSA) is 124 Å². The van der Waals surface area contributed by atoms with E-state index in [2.05, 4.69) is 27.5 Å². The number of hydrogen-bond donors (Lipinski definition) is 2. The summed E-state index contributed by atoms with van der Waals surface area (Å²) >= 11 is 0. The Morgan fingerprint density at radius 3 is 1.95 bits per heavy atom. The summed E-state index contributed by atoms with van der Waals surface area (Å²) in [6.07, 6.45) is -0.488. The van der Waals surface area contributed by atoms with Crippen molar-refractivity contribution in [3.8, 4) is 11.1 Å². The van der Waals surface area contributed by atoms with Gasteiger partial charge in [0.2, 0.25) is 0 Å². The first-order valence-electron chi connectivity index (χ1n) is 12.7. The molecule has 0 aliphatic heterocycles. The third-order valence-electron chi connectivity index (χ3n) is 6.82. The Balaban J connectivity index is 1.87. The highest BCUT2D eigenvalue weighted by Gasteiger charge is 2.51. The summed E-state index contributed by atoms with van der Waals surface area (Å²) in [6.45, 7) is 1.07. The molecule has 0 saturated carbocycles. The number of carboxylic acids is 1. The lowest BCUT2D eigenvalue weighted by atomic mass is 9.75. The van der Waals surface area contributed by atoms with Gasteiger partial charge in [-0.1, -0.05) is 53.6 Å². The van der Waals surface area contributed by atoms with Gasteiger partial charge in [-0.05, 0) is 34.2 Å². The van der Waals surface area contributed by atoms with E-state index >= 15 is 0 Å². The molecular weight excluding hydrogens is 484 g/mol. The minimum absolute atomic E-state index is 0.0859. The lowest BCUT2D eigenvalue weighted by molar-refractivity contribution is -0.903. The molecule has 0 radical (unpaired) electrons. The number of quaternary nitrogens is 2. The summed E-state index contributed by atoms with van der Waals surface area (Å²) in [7, 11) is 11.9. The van der Waals surface area contributed by atoms with E-state index in [1.165, 1.54) is 0 Å². The molecule has 0 bridgehead atoms. The van der Waals surface area contributed by atoms with Crippen molar-refractivity contribution in [3.05, 3.63) is 70.1 Å². The van der Waals surface area contributed by atoms with Gasteiger partial charge in [-0.25, -0.2) is 9.59 Å². The van der Waals surface area contributed by atoms with Gasteiger partial charge < -0.3 is 24.1 Å². The monoisotopic (exact) mass is 524 g/mol. The third-order valence-corrected chi connectivity index (χ3v) is 6.82. The standard InChI is InChI=1S/C28H38N6O4/c1-33(2,3)18-28(15-16-30-32-29,19-34(4,5)6)25(26(35)36)31-27(37)38-17-24-22-13-9-7-11-20(22)21-12-8-10-14-23(21)24/h7-14,24-25H,15-19H2,1-6H3/p+2/t25-/m0/s1.